The van der Waals surface area contributed by atoms with Crippen LogP contribution in [0.2, 0.25) is 0 Å². The highest BCUT2D eigenvalue weighted by Crippen LogP contribution is 2.37. The average molecular weight is 557 g/mol. The van der Waals surface area contributed by atoms with E-state index >= 15 is 4.39 Å². The molecule has 0 unspecified atom stereocenters. The first-order valence-electron chi connectivity index (χ1n) is 12.9. The number of pyridine rings is 1. The number of hydrogen-bond acceptors (Lipinski definition) is 7. The number of fused-ring (bicyclic) bond motifs is 1. The summed E-state index contributed by atoms with van der Waals surface area (Å²) in [6.45, 7) is 6.15. The van der Waals surface area contributed by atoms with Gasteiger partial charge in [-0.15, -0.1) is 0 Å². The second kappa shape index (κ2) is 11.5. The Bertz CT molecular complexity index is 1750. The Hall–Kier alpha value is -5.12. The zero-order chi connectivity index (χ0) is 29.1. The second-order valence-electron chi connectivity index (χ2n) is 9.24. The molecule has 0 saturated heterocycles. The zero-order valence-electron chi connectivity index (χ0n) is 23.3. The summed E-state index contributed by atoms with van der Waals surface area (Å²) in [7, 11) is 3.06. The van der Waals surface area contributed by atoms with Gasteiger partial charge >= 0.3 is 0 Å². The Labute approximate surface area is 236 Å². The number of carbonyl (C=O) groups excluding carboxylic acids is 1. The maximum absolute atomic E-state index is 15.2. The van der Waals surface area contributed by atoms with E-state index in [4.69, 9.17) is 18.9 Å². The lowest BCUT2D eigenvalue weighted by Crippen LogP contribution is -2.14. The summed E-state index contributed by atoms with van der Waals surface area (Å²) in [5, 5.41) is 7.79. The molecule has 41 heavy (non-hydrogen) atoms. The predicted octanol–water partition coefficient (Wildman–Crippen LogP) is 6.64. The van der Waals surface area contributed by atoms with E-state index in [0.717, 1.165) is 16.8 Å². The van der Waals surface area contributed by atoms with Crippen LogP contribution < -0.4 is 24.3 Å². The molecule has 2 aromatic heterocycles. The molecule has 0 aliphatic carbocycles. The van der Waals surface area contributed by atoms with Gasteiger partial charge in [-0.2, -0.15) is 5.10 Å². The maximum Gasteiger partial charge on any atom is 0.280 e. The topological polar surface area (TPSA) is 96.7 Å². The van der Waals surface area contributed by atoms with Crippen molar-refractivity contribution in [3.8, 4) is 34.4 Å². The Morgan fingerprint density at radius 1 is 0.927 bits per heavy atom. The lowest BCUT2D eigenvalue weighted by molar-refractivity contribution is 0.101. The summed E-state index contributed by atoms with van der Waals surface area (Å²) in [6, 6.07) is 15.2. The third-order valence-electron chi connectivity index (χ3n) is 6.41. The minimum absolute atomic E-state index is 0.0283. The zero-order valence-corrected chi connectivity index (χ0v) is 23.3. The molecule has 10 heteroatoms. The first kappa shape index (κ1) is 27.4. The maximum atomic E-state index is 15.2. The van der Waals surface area contributed by atoms with Crippen molar-refractivity contribution in [3.63, 3.8) is 0 Å². The number of benzene rings is 3. The molecular weight excluding hydrogens is 527 g/mol. The van der Waals surface area contributed by atoms with E-state index in [0.29, 0.717) is 40.5 Å². The fourth-order valence-electron chi connectivity index (χ4n) is 4.47. The number of carbonyl (C=O) groups is 1. The third-order valence-corrected chi connectivity index (χ3v) is 6.41. The van der Waals surface area contributed by atoms with Crippen LogP contribution in [-0.4, -0.2) is 41.5 Å². The molecule has 1 amide bonds. The van der Waals surface area contributed by atoms with Crippen LogP contribution in [-0.2, 0) is 0 Å². The van der Waals surface area contributed by atoms with E-state index in [-0.39, 0.29) is 17.1 Å². The molecule has 9 nitrogen and oxygen atoms in total. The van der Waals surface area contributed by atoms with Crippen molar-refractivity contribution in [2.45, 2.75) is 20.8 Å². The highest BCUT2D eigenvalue weighted by atomic mass is 19.1. The molecule has 0 saturated carbocycles. The van der Waals surface area contributed by atoms with Gasteiger partial charge in [0.25, 0.3) is 5.91 Å². The number of aryl methyl sites for hydroxylation is 2. The molecule has 0 spiro atoms. The smallest absolute Gasteiger partial charge is 0.280 e. The Morgan fingerprint density at radius 2 is 1.71 bits per heavy atom. The lowest BCUT2D eigenvalue weighted by Gasteiger charge is -2.13. The number of nitrogens with zero attached hydrogens (tertiary/aromatic N) is 3. The van der Waals surface area contributed by atoms with Gasteiger partial charge in [0.1, 0.15) is 5.75 Å². The van der Waals surface area contributed by atoms with Crippen LogP contribution in [0.1, 0.15) is 28.5 Å². The number of halogens is 1. The Morgan fingerprint density at radius 3 is 2.41 bits per heavy atom. The first-order chi connectivity index (χ1) is 19.8. The van der Waals surface area contributed by atoms with Gasteiger partial charge < -0.3 is 24.3 Å². The number of amides is 1. The fourth-order valence-corrected chi connectivity index (χ4v) is 4.47. The summed E-state index contributed by atoms with van der Waals surface area (Å²) >= 11 is 0. The van der Waals surface area contributed by atoms with E-state index < -0.39 is 11.7 Å². The quantitative estimate of drug-likeness (QED) is 0.217. The van der Waals surface area contributed by atoms with Crippen molar-refractivity contribution < 1.29 is 28.1 Å². The summed E-state index contributed by atoms with van der Waals surface area (Å²) in [5.41, 5.74) is 3.85. The van der Waals surface area contributed by atoms with E-state index in [2.05, 4.69) is 15.4 Å². The van der Waals surface area contributed by atoms with Crippen molar-refractivity contribution in [2.75, 3.05) is 26.1 Å². The molecule has 0 radical (unpaired) electrons. The lowest BCUT2D eigenvalue weighted by atomic mass is 10.1. The Kier molecular flexibility index (Phi) is 7.73. The van der Waals surface area contributed by atoms with Crippen LogP contribution in [0.3, 0.4) is 0 Å². The van der Waals surface area contributed by atoms with Crippen molar-refractivity contribution in [2.24, 2.45) is 0 Å². The molecule has 0 aliphatic rings. The average Bonchev–Trinajstić information content (AvgIpc) is 3.37. The number of nitrogens with one attached hydrogen (secondary N) is 1. The molecule has 3 aromatic carbocycles. The van der Waals surface area contributed by atoms with Crippen molar-refractivity contribution in [1.82, 2.24) is 14.8 Å². The van der Waals surface area contributed by atoms with Crippen LogP contribution in [0.5, 0.6) is 28.7 Å². The highest BCUT2D eigenvalue weighted by Gasteiger charge is 2.21. The molecule has 2 heterocycles. The number of aromatic nitrogens is 3. The van der Waals surface area contributed by atoms with E-state index in [1.807, 2.05) is 39.0 Å². The van der Waals surface area contributed by atoms with Gasteiger partial charge in [0, 0.05) is 29.4 Å². The van der Waals surface area contributed by atoms with Crippen molar-refractivity contribution in [3.05, 3.63) is 89.6 Å². The number of hydrogen-bond donors (Lipinski definition) is 1. The van der Waals surface area contributed by atoms with Crippen LogP contribution in [0, 0.1) is 19.7 Å². The van der Waals surface area contributed by atoms with Gasteiger partial charge in [-0.25, -0.2) is 9.07 Å². The molecule has 0 fully saturated rings. The molecule has 0 aliphatic heterocycles. The minimum atomic E-state index is -0.668. The summed E-state index contributed by atoms with van der Waals surface area (Å²) in [6.07, 6.45) is 3.22. The minimum Gasteiger partial charge on any atom is -0.493 e. The molecule has 210 valence electrons. The summed E-state index contributed by atoms with van der Waals surface area (Å²) in [5.74, 6) is 0.474. The molecule has 0 atom stereocenters. The largest absolute Gasteiger partial charge is 0.493 e. The van der Waals surface area contributed by atoms with Gasteiger partial charge in [0.05, 0.1) is 38.2 Å². The normalized spacial score (nSPS) is 10.9. The van der Waals surface area contributed by atoms with Gasteiger partial charge in [0.15, 0.2) is 34.5 Å². The first-order valence-corrected chi connectivity index (χ1v) is 12.9. The number of anilines is 1. The molecule has 1 N–H and O–H groups in total. The molecule has 5 aromatic rings. The van der Waals surface area contributed by atoms with Gasteiger partial charge in [-0.3, -0.25) is 9.78 Å². The molecular formula is C31H29FN4O5. The molecule has 0 bridgehead atoms. The predicted molar refractivity (Wildman–Crippen MR) is 153 cm³/mol. The highest BCUT2D eigenvalue weighted by molar-refractivity contribution is 6.04. The van der Waals surface area contributed by atoms with Gasteiger partial charge in [-0.1, -0.05) is 17.7 Å². The van der Waals surface area contributed by atoms with Crippen LogP contribution in [0.15, 0.2) is 67.0 Å². The van der Waals surface area contributed by atoms with Crippen molar-refractivity contribution in [1.29, 1.82) is 0 Å². The van der Waals surface area contributed by atoms with Gasteiger partial charge in [0.2, 0.25) is 0 Å². The van der Waals surface area contributed by atoms with E-state index in [1.165, 1.54) is 26.4 Å². The SMILES string of the molecule is CCOc1cn(-c2ccc(C)cc2C)nc1C(=O)Nc1ccc(Oc2ccnc3cc(OC)c(OC)cc23)c(F)c1. The number of rotatable bonds is 9. The van der Waals surface area contributed by atoms with Crippen LogP contribution >= 0.6 is 0 Å². The molecule has 5 rings (SSSR count). The summed E-state index contributed by atoms with van der Waals surface area (Å²) in [4.78, 5) is 17.5. The second-order valence-corrected chi connectivity index (χ2v) is 9.24. The van der Waals surface area contributed by atoms with E-state index in [9.17, 15) is 4.79 Å². The van der Waals surface area contributed by atoms with E-state index in [1.54, 1.807) is 41.3 Å². The standard InChI is InChI=1S/C31H29FN4O5/c1-6-40-29-17-36(24-9-7-18(2)13-19(24)3)35-30(29)31(37)34-20-8-10-26(22(32)14-20)41-25-11-12-33-23-16-28(39-5)27(38-4)15-21(23)25/h7-17H,6H2,1-5H3,(H,34,37). The monoisotopic (exact) mass is 556 g/mol. The fraction of sp³-hybridized carbons (Fsp3) is 0.194. The number of ether oxygens (including phenoxy) is 4. The van der Waals surface area contributed by atoms with Gasteiger partial charge in [-0.05, 0) is 56.7 Å². The van der Waals surface area contributed by atoms with Crippen LogP contribution in [0.25, 0.3) is 16.6 Å². The van der Waals surface area contributed by atoms with Crippen LogP contribution in [0.4, 0.5) is 10.1 Å². The number of methoxy groups -OCH3 is 2. The summed E-state index contributed by atoms with van der Waals surface area (Å²) < 4.78 is 39.1. The third kappa shape index (κ3) is 5.62. The van der Waals surface area contributed by atoms with Crippen molar-refractivity contribution >= 4 is 22.5 Å². The Balaban J connectivity index is 1.39.